The van der Waals surface area contributed by atoms with E-state index in [2.05, 4.69) is 123 Å². The van der Waals surface area contributed by atoms with E-state index in [9.17, 15) is 0 Å². The van der Waals surface area contributed by atoms with E-state index in [1.807, 2.05) is 3.26 Å². The summed E-state index contributed by atoms with van der Waals surface area (Å²) in [4.78, 5) is 0. The van der Waals surface area contributed by atoms with Gasteiger partial charge >= 0.3 is 205 Å². The van der Waals surface area contributed by atoms with Crippen LogP contribution in [0.4, 0.5) is 0 Å². The Hall–Kier alpha value is -1.34. The first-order valence-electron chi connectivity index (χ1n) is 12.2. The molecule has 2 aliphatic rings. The van der Waals surface area contributed by atoms with E-state index in [0.717, 1.165) is 0 Å². The van der Waals surface area contributed by atoms with Crippen LogP contribution in [-0.4, -0.2) is 3.26 Å². The Morgan fingerprint density at radius 1 is 0.750 bits per heavy atom. The molecule has 0 unspecified atom stereocenters. The molecule has 0 radical (unpaired) electrons. The number of benzene rings is 2. The SMILES string of the molecule is C[C](C(C)C)=[Hf]([CH]1C=CC=C1)[CH]1c2cc(C(C)(C)C)ccc2-c2ccc(C(C)(C)C)cc21. The number of rotatable bonds is 3. The van der Waals surface area contributed by atoms with E-state index in [0.29, 0.717) is 13.3 Å². The van der Waals surface area contributed by atoms with Crippen LogP contribution in [0.25, 0.3) is 11.1 Å². The first-order chi connectivity index (χ1) is 14.9. The van der Waals surface area contributed by atoms with Gasteiger partial charge in [0.15, 0.2) is 0 Å². The minimum atomic E-state index is -2.35. The van der Waals surface area contributed by atoms with Gasteiger partial charge in [-0.1, -0.05) is 0 Å². The fourth-order valence-electron chi connectivity index (χ4n) is 5.18. The van der Waals surface area contributed by atoms with E-state index < -0.39 is 21.0 Å². The average molecular weight is 591 g/mol. The molecule has 4 rings (SSSR count). The summed E-state index contributed by atoms with van der Waals surface area (Å²) in [6.45, 7) is 21.4. The van der Waals surface area contributed by atoms with Crippen LogP contribution in [0.1, 0.15) is 88.2 Å². The van der Waals surface area contributed by atoms with Gasteiger partial charge in [-0.3, -0.25) is 0 Å². The van der Waals surface area contributed by atoms with Crippen molar-refractivity contribution >= 4 is 3.26 Å². The molecule has 2 aromatic carbocycles. The van der Waals surface area contributed by atoms with Gasteiger partial charge in [0.2, 0.25) is 0 Å². The quantitative estimate of drug-likeness (QED) is 0.314. The van der Waals surface area contributed by atoms with Gasteiger partial charge in [0.1, 0.15) is 0 Å². The third-order valence-electron chi connectivity index (χ3n) is 7.49. The molecule has 1 heteroatoms. The molecule has 0 bridgehead atoms. The van der Waals surface area contributed by atoms with Gasteiger partial charge in [0.25, 0.3) is 0 Å². The summed E-state index contributed by atoms with van der Waals surface area (Å²) in [5.74, 6) is 0.656. The molecule has 0 nitrogen and oxygen atoms in total. The van der Waals surface area contributed by atoms with Gasteiger partial charge in [-0.25, -0.2) is 0 Å². The maximum absolute atomic E-state index is 2.58. The Morgan fingerprint density at radius 3 is 1.56 bits per heavy atom. The summed E-state index contributed by atoms with van der Waals surface area (Å²) < 4.78 is 3.10. The predicted octanol–water partition coefficient (Wildman–Crippen LogP) is 8.73. The first-order valence-corrected chi connectivity index (χ1v) is 18.2. The zero-order chi connectivity index (χ0) is 23.4. The van der Waals surface area contributed by atoms with Crippen molar-refractivity contribution in [2.24, 2.45) is 5.92 Å². The molecule has 0 spiro atoms. The number of allylic oxidation sites excluding steroid dienone is 4. The summed E-state index contributed by atoms with van der Waals surface area (Å²) in [6.07, 6.45) is 9.59. The van der Waals surface area contributed by atoms with Crippen LogP contribution >= 0.6 is 0 Å². The molecule has 32 heavy (non-hydrogen) atoms. The summed E-state index contributed by atoms with van der Waals surface area (Å²) in [7, 11) is 0. The third kappa shape index (κ3) is 4.27. The molecule has 0 amide bonds. The molecule has 168 valence electrons. The summed E-state index contributed by atoms with van der Waals surface area (Å²) >= 11 is -2.35. The van der Waals surface area contributed by atoms with Crippen LogP contribution in [0.15, 0.2) is 60.7 Å². The fourth-order valence-corrected chi connectivity index (χ4v) is 18.9. The van der Waals surface area contributed by atoms with Crippen molar-refractivity contribution in [2.45, 2.75) is 80.5 Å². The zero-order valence-electron chi connectivity index (χ0n) is 21.5. The number of hydrogen-bond donors (Lipinski definition) is 0. The average Bonchev–Trinajstić information content (AvgIpc) is 3.33. The van der Waals surface area contributed by atoms with E-state index in [-0.39, 0.29) is 10.8 Å². The van der Waals surface area contributed by atoms with Crippen LogP contribution in [0.5, 0.6) is 0 Å². The Morgan fingerprint density at radius 2 is 1.19 bits per heavy atom. The number of hydrogen-bond acceptors (Lipinski definition) is 0. The van der Waals surface area contributed by atoms with Crippen molar-refractivity contribution < 1.29 is 21.0 Å². The number of fused-ring (bicyclic) bond motifs is 3. The molecule has 0 N–H and O–H groups in total. The first kappa shape index (κ1) is 23.8. The van der Waals surface area contributed by atoms with Crippen molar-refractivity contribution in [3.05, 3.63) is 83.0 Å². The van der Waals surface area contributed by atoms with Gasteiger partial charge in [0, 0.05) is 0 Å². The van der Waals surface area contributed by atoms with Crippen molar-refractivity contribution in [2.75, 3.05) is 0 Å². The third-order valence-corrected chi connectivity index (χ3v) is 21.3. The predicted molar refractivity (Wildman–Crippen MR) is 139 cm³/mol. The zero-order valence-corrected chi connectivity index (χ0v) is 25.1. The molecular weight excluding hydrogens is 551 g/mol. The molecule has 2 aliphatic carbocycles. The molecule has 0 aromatic heterocycles. The Labute approximate surface area is 203 Å². The molecule has 0 aliphatic heterocycles. The molecule has 2 aromatic rings. The fraction of sp³-hybridized carbons (Fsp3) is 0.452. The second kappa shape index (κ2) is 8.46. The summed E-state index contributed by atoms with van der Waals surface area (Å²) in [5.41, 5.74) is 9.49. The Balaban J connectivity index is 2.03. The van der Waals surface area contributed by atoms with E-state index in [4.69, 9.17) is 0 Å². The van der Waals surface area contributed by atoms with Crippen LogP contribution in [0.2, 0.25) is 3.67 Å². The van der Waals surface area contributed by atoms with Gasteiger partial charge < -0.3 is 0 Å². The van der Waals surface area contributed by atoms with Crippen molar-refractivity contribution in [1.82, 2.24) is 0 Å². The molecule has 0 saturated carbocycles. The normalized spacial score (nSPS) is 17.2. The topological polar surface area (TPSA) is 0 Å². The van der Waals surface area contributed by atoms with Gasteiger partial charge in [0.05, 0.1) is 0 Å². The van der Waals surface area contributed by atoms with Crippen molar-refractivity contribution in [3.8, 4) is 11.1 Å². The molecule has 0 fully saturated rings. The second-order valence-electron chi connectivity index (χ2n) is 12.1. The Bertz CT molecular complexity index is 1050. The molecular formula is C31H40Hf. The van der Waals surface area contributed by atoms with Gasteiger partial charge in [-0.2, -0.15) is 0 Å². The van der Waals surface area contributed by atoms with Crippen molar-refractivity contribution in [1.29, 1.82) is 0 Å². The van der Waals surface area contributed by atoms with Crippen LogP contribution in [-0.2, 0) is 31.8 Å². The Kier molecular flexibility index (Phi) is 6.29. The van der Waals surface area contributed by atoms with E-state index >= 15 is 0 Å². The summed E-state index contributed by atoms with van der Waals surface area (Å²) in [6, 6.07) is 14.8. The van der Waals surface area contributed by atoms with E-state index in [1.54, 1.807) is 11.1 Å². The van der Waals surface area contributed by atoms with Crippen LogP contribution in [0.3, 0.4) is 0 Å². The second-order valence-corrected chi connectivity index (χ2v) is 22.7. The van der Waals surface area contributed by atoms with Gasteiger partial charge in [-0.05, 0) is 0 Å². The molecule has 0 heterocycles. The maximum atomic E-state index is 2.58. The van der Waals surface area contributed by atoms with Crippen LogP contribution < -0.4 is 0 Å². The monoisotopic (exact) mass is 592 g/mol. The molecule has 0 atom stereocenters. The van der Waals surface area contributed by atoms with E-state index in [1.165, 1.54) is 22.3 Å². The summed E-state index contributed by atoms with van der Waals surface area (Å²) in [5, 5.41) is 0. The van der Waals surface area contributed by atoms with Crippen molar-refractivity contribution in [3.63, 3.8) is 0 Å². The molecule has 0 saturated heterocycles. The van der Waals surface area contributed by atoms with Gasteiger partial charge in [-0.15, -0.1) is 0 Å². The standard InChI is InChI=1S/C21H25.C5H5.C5H10.Hf/c1-20(2,3)16-7-9-18-14(12-16)11-15-13-17(21(4,5)6)8-10-19(15)18;1-2-4-5-3-1;1-4-5(2)3;/h7-13H,1-6H3;1-5H;5H,1-3H3;. The minimum absolute atomic E-state index is 0.167. The van der Waals surface area contributed by atoms with Crippen LogP contribution in [0, 0.1) is 5.92 Å².